The number of fused-ring (bicyclic) bond motifs is 2. The number of piperidine rings is 1. The molecule has 1 aromatic rings. The van der Waals surface area contributed by atoms with Gasteiger partial charge in [0.2, 0.25) is 17.6 Å². The molecule has 0 spiro atoms. The zero-order valence-electron chi connectivity index (χ0n) is 30.1. The predicted octanol–water partition coefficient (Wildman–Crippen LogP) is 2.33. The number of amides is 4. The van der Waals surface area contributed by atoms with Crippen LogP contribution in [0, 0.1) is 23.2 Å². The van der Waals surface area contributed by atoms with Gasteiger partial charge < -0.3 is 35.1 Å². The zero-order valence-corrected chi connectivity index (χ0v) is 30.1. The van der Waals surface area contributed by atoms with Crippen molar-refractivity contribution in [3.8, 4) is 0 Å². The van der Waals surface area contributed by atoms with Crippen molar-refractivity contribution < 1.29 is 43.0 Å². The zero-order chi connectivity index (χ0) is 36.5. The first kappa shape index (κ1) is 37.8. The number of ketones is 1. The van der Waals surface area contributed by atoms with E-state index in [0.717, 1.165) is 11.1 Å². The van der Waals surface area contributed by atoms with E-state index in [1.165, 1.54) is 12.0 Å². The molecule has 4 amide bonds. The molecule has 270 valence electrons. The number of esters is 1. The molecule has 13 nitrogen and oxygen atoms in total. The largest absolute Gasteiger partial charge is 0.460 e. The number of carbonyl (C=O) groups excluding carboxylic acids is 6. The quantitative estimate of drug-likeness (QED) is 0.221. The molecule has 1 unspecified atom stereocenters. The molecule has 1 aromatic carbocycles. The van der Waals surface area contributed by atoms with Crippen molar-refractivity contribution in [2.75, 3.05) is 26.8 Å². The number of benzene rings is 1. The maximum atomic E-state index is 14.5. The molecule has 0 aromatic heterocycles. The van der Waals surface area contributed by atoms with E-state index in [1.807, 2.05) is 38.1 Å². The lowest BCUT2D eigenvalue weighted by molar-refractivity contribution is -0.154. The molecule has 2 aliphatic carbocycles. The lowest BCUT2D eigenvalue weighted by atomic mass is 9.93. The van der Waals surface area contributed by atoms with Crippen molar-refractivity contribution in [2.45, 2.75) is 104 Å². The monoisotopic (exact) mass is 684 g/mol. The van der Waals surface area contributed by atoms with Gasteiger partial charge in [-0.3, -0.25) is 24.0 Å². The molecule has 2 fully saturated rings. The van der Waals surface area contributed by atoms with Gasteiger partial charge in [-0.1, -0.05) is 38.1 Å². The number of likely N-dealkylation sites (tertiary alicyclic amines) is 1. The molecular weight excluding hydrogens is 632 g/mol. The number of carbonyl (C=O) groups is 6. The van der Waals surface area contributed by atoms with Gasteiger partial charge in [-0.15, -0.1) is 0 Å². The van der Waals surface area contributed by atoms with Crippen molar-refractivity contribution >= 4 is 35.6 Å². The summed E-state index contributed by atoms with van der Waals surface area (Å²) in [6, 6.07) is 4.65. The van der Waals surface area contributed by atoms with Crippen LogP contribution in [0.1, 0.15) is 72.9 Å². The molecule has 0 bridgehead atoms. The molecule has 1 saturated carbocycles. The van der Waals surface area contributed by atoms with Gasteiger partial charge >= 0.3 is 12.1 Å². The number of ether oxygens (including phenoxy) is 3. The summed E-state index contributed by atoms with van der Waals surface area (Å²) in [5.41, 5.74) is 0.477. The second-order valence-electron chi connectivity index (χ2n) is 15.9. The number of nitrogens with one attached hydrogen (secondary N) is 3. The standard InChI is InChI=1S/C36H52N4O9/c1-34(2,3)48-25(41)14-15-37-31(44)29(42)24(19-47-9)38-30(43)28-26-23(36(26,7)8)18-40(28)32(45)27(39-33(46)49-35(4,5)6)22-16-20-12-10-11-13-21(20)17-22/h10-13,22-24,26-28H,14-19H2,1-9H3,(H,37,44)(H,38,43)(H,39,46)/t23-,24?,26-,27-,28-/m0/s1. The van der Waals surface area contributed by atoms with Crippen LogP contribution < -0.4 is 16.0 Å². The third kappa shape index (κ3) is 9.17. The Morgan fingerprint density at radius 2 is 1.51 bits per heavy atom. The van der Waals surface area contributed by atoms with Crippen LogP contribution >= 0.6 is 0 Å². The van der Waals surface area contributed by atoms with Crippen LogP contribution in [0.25, 0.3) is 0 Å². The molecule has 3 N–H and O–H groups in total. The summed E-state index contributed by atoms with van der Waals surface area (Å²) in [6.45, 7) is 14.3. The molecule has 0 radical (unpaired) electrons. The van der Waals surface area contributed by atoms with E-state index < -0.39 is 64.9 Å². The van der Waals surface area contributed by atoms with Gasteiger partial charge in [0.05, 0.1) is 13.0 Å². The number of methoxy groups -OCH3 is 1. The van der Waals surface area contributed by atoms with Gasteiger partial charge in [-0.2, -0.15) is 0 Å². The Morgan fingerprint density at radius 1 is 0.918 bits per heavy atom. The second-order valence-corrected chi connectivity index (χ2v) is 15.9. The Labute approximate surface area is 288 Å². The van der Waals surface area contributed by atoms with Gasteiger partial charge in [0.25, 0.3) is 5.91 Å². The summed E-state index contributed by atoms with van der Waals surface area (Å²) in [4.78, 5) is 81.1. The first-order valence-corrected chi connectivity index (χ1v) is 16.9. The number of hydrogen-bond acceptors (Lipinski definition) is 9. The lowest BCUT2D eigenvalue weighted by Crippen LogP contribution is -2.60. The van der Waals surface area contributed by atoms with Gasteiger partial charge in [0.15, 0.2) is 0 Å². The summed E-state index contributed by atoms with van der Waals surface area (Å²) in [7, 11) is 1.34. The lowest BCUT2D eigenvalue weighted by Gasteiger charge is -2.35. The van der Waals surface area contributed by atoms with Gasteiger partial charge in [0.1, 0.15) is 29.3 Å². The molecular formula is C36H52N4O9. The average Bonchev–Trinajstić information content (AvgIpc) is 3.33. The minimum atomic E-state index is -1.34. The van der Waals surface area contributed by atoms with Crippen LogP contribution in [0.5, 0.6) is 0 Å². The van der Waals surface area contributed by atoms with E-state index in [1.54, 1.807) is 41.5 Å². The maximum absolute atomic E-state index is 14.5. The Morgan fingerprint density at radius 3 is 2.06 bits per heavy atom. The first-order chi connectivity index (χ1) is 22.7. The van der Waals surface area contributed by atoms with Crippen LogP contribution in [-0.2, 0) is 51.0 Å². The molecule has 5 atom stereocenters. The van der Waals surface area contributed by atoms with Crippen molar-refractivity contribution in [3.63, 3.8) is 0 Å². The normalized spacial score (nSPS) is 22.2. The summed E-state index contributed by atoms with van der Waals surface area (Å²) in [5, 5.41) is 7.91. The highest BCUT2D eigenvalue weighted by molar-refractivity contribution is 6.38. The molecule has 3 aliphatic rings. The number of rotatable bonds is 12. The maximum Gasteiger partial charge on any atom is 0.408 e. The van der Waals surface area contributed by atoms with E-state index in [4.69, 9.17) is 14.2 Å². The Kier molecular flexibility index (Phi) is 11.2. The van der Waals surface area contributed by atoms with Crippen molar-refractivity contribution in [2.24, 2.45) is 23.2 Å². The summed E-state index contributed by atoms with van der Waals surface area (Å²) in [5.74, 6) is -3.89. The van der Waals surface area contributed by atoms with Crippen LogP contribution in [-0.4, -0.2) is 96.6 Å². The number of Topliss-reactive ketones (excluding diaryl/α,β-unsaturated/α-hetero) is 1. The minimum absolute atomic E-state index is 0.0304. The summed E-state index contributed by atoms with van der Waals surface area (Å²) >= 11 is 0. The highest BCUT2D eigenvalue weighted by Gasteiger charge is 2.70. The SMILES string of the molecule is COCC(NC(=O)[C@@H]1[C@@H]2[C@H](CN1C(=O)[C@@H](NC(=O)OC(C)(C)C)C1Cc3ccccc3C1)C2(C)C)C(=O)C(=O)NCCC(=O)OC(C)(C)C. The minimum Gasteiger partial charge on any atom is -0.460 e. The third-order valence-corrected chi connectivity index (χ3v) is 9.48. The molecule has 13 heteroatoms. The second kappa shape index (κ2) is 14.5. The fraction of sp³-hybridized carbons (Fsp3) is 0.667. The smallest absolute Gasteiger partial charge is 0.408 e. The van der Waals surface area contributed by atoms with Gasteiger partial charge in [-0.05, 0) is 88.7 Å². The third-order valence-electron chi connectivity index (χ3n) is 9.48. The van der Waals surface area contributed by atoms with Crippen molar-refractivity contribution in [1.29, 1.82) is 0 Å². The van der Waals surface area contributed by atoms with Crippen LogP contribution in [0.4, 0.5) is 4.79 Å². The van der Waals surface area contributed by atoms with E-state index in [9.17, 15) is 28.8 Å². The molecule has 4 rings (SSSR count). The average molecular weight is 685 g/mol. The van der Waals surface area contributed by atoms with Crippen molar-refractivity contribution in [3.05, 3.63) is 35.4 Å². The molecule has 49 heavy (non-hydrogen) atoms. The van der Waals surface area contributed by atoms with Crippen LogP contribution in [0.3, 0.4) is 0 Å². The Hall–Kier alpha value is -4.00. The fourth-order valence-corrected chi connectivity index (χ4v) is 7.16. The van der Waals surface area contributed by atoms with Crippen LogP contribution in [0.2, 0.25) is 0 Å². The Bertz CT molecular complexity index is 1440. The summed E-state index contributed by atoms with van der Waals surface area (Å²) in [6.07, 6.45) is 0.271. The van der Waals surface area contributed by atoms with Gasteiger partial charge in [-0.25, -0.2) is 4.79 Å². The number of alkyl carbamates (subject to hydrolysis) is 1. The van der Waals surface area contributed by atoms with Gasteiger partial charge in [0, 0.05) is 20.2 Å². The highest BCUT2D eigenvalue weighted by atomic mass is 16.6. The number of hydrogen-bond donors (Lipinski definition) is 3. The molecule has 1 aliphatic heterocycles. The first-order valence-electron chi connectivity index (χ1n) is 16.9. The van der Waals surface area contributed by atoms with Crippen molar-refractivity contribution in [1.82, 2.24) is 20.9 Å². The van der Waals surface area contributed by atoms with Crippen LogP contribution in [0.15, 0.2) is 24.3 Å². The van der Waals surface area contributed by atoms with E-state index >= 15 is 0 Å². The highest BCUT2D eigenvalue weighted by Crippen LogP contribution is 2.65. The summed E-state index contributed by atoms with van der Waals surface area (Å²) < 4.78 is 15.9. The van der Waals surface area contributed by atoms with E-state index in [2.05, 4.69) is 16.0 Å². The number of nitrogens with zero attached hydrogens (tertiary/aromatic N) is 1. The van der Waals surface area contributed by atoms with E-state index in [0.29, 0.717) is 19.4 Å². The Balaban J connectivity index is 1.50. The predicted molar refractivity (Wildman–Crippen MR) is 179 cm³/mol. The van der Waals surface area contributed by atoms with E-state index in [-0.39, 0.29) is 42.7 Å². The fourth-order valence-electron chi connectivity index (χ4n) is 7.16. The molecule has 1 heterocycles. The molecule has 1 saturated heterocycles. The topological polar surface area (TPSA) is 169 Å².